The first-order valence-electron chi connectivity index (χ1n) is 9.75. The van der Waals surface area contributed by atoms with Crippen LogP contribution < -0.4 is 14.2 Å². The number of carbonyl (C=O) groups is 1. The summed E-state index contributed by atoms with van der Waals surface area (Å²) >= 11 is 0. The van der Waals surface area contributed by atoms with Crippen LogP contribution in [0, 0.1) is 6.92 Å². The molecule has 156 valence electrons. The van der Waals surface area contributed by atoms with Gasteiger partial charge in [-0.1, -0.05) is 24.6 Å². The minimum atomic E-state index is -1.05. The Hall–Kier alpha value is -3.54. The number of benzene rings is 2. The first-order valence-corrected chi connectivity index (χ1v) is 9.75. The monoisotopic (exact) mass is 407 g/mol. The third kappa shape index (κ3) is 5.08. The fourth-order valence-corrected chi connectivity index (χ4v) is 2.92. The molecule has 0 saturated heterocycles. The molecule has 1 aromatic heterocycles. The number of pyridine rings is 1. The van der Waals surface area contributed by atoms with E-state index in [0.29, 0.717) is 35.2 Å². The summed E-state index contributed by atoms with van der Waals surface area (Å²) in [5, 5.41) is 9.57. The molecule has 0 radical (unpaired) electrons. The number of hydrogen-bond donors (Lipinski definition) is 1. The van der Waals surface area contributed by atoms with Crippen molar-refractivity contribution in [2.24, 2.45) is 0 Å². The van der Waals surface area contributed by atoms with E-state index in [-0.39, 0.29) is 12.2 Å². The number of nitrogens with zero attached hydrogens (tertiary/aromatic N) is 1. The van der Waals surface area contributed by atoms with Gasteiger partial charge in [0, 0.05) is 5.56 Å². The van der Waals surface area contributed by atoms with E-state index in [1.807, 2.05) is 56.3 Å². The first kappa shape index (κ1) is 21.2. The molecule has 0 aliphatic heterocycles. The van der Waals surface area contributed by atoms with Crippen LogP contribution in [0.3, 0.4) is 0 Å². The molecule has 0 saturated carbocycles. The van der Waals surface area contributed by atoms with Gasteiger partial charge in [0.05, 0.1) is 30.7 Å². The van der Waals surface area contributed by atoms with E-state index >= 15 is 0 Å². The van der Waals surface area contributed by atoms with Crippen LogP contribution in [0.2, 0.25) is 0 Å². The zero-order chi connectivity index (χ0) is 21.5. The van der Waals surface area contributed by atoms with E-state index in [1.54, 1.807) is 19.2 Å². The summed E-state index contributed by atoms with van der Waals surface area (Å²) in [5.74, 6) is 0.927. The topological polar surface area (TPSA) is 77.9 Å². The van der Waals surface area contributed by atoms with Gasteiger partial charge in [0.25, 0.3) is 0 Å². The molecule has 6 nitrogen and oxygen atoms in total. The lowest BCUT2D eigenvalue weighted by atomic mass is 10.1. The highest BCUT2D eigenvalue weighted by Crippen LogP contribution is 2.33. The smallest absolute Gasteiger partial charge is 0.337 e. The van der Waals surface area contributed by atoms with E-state index in [0.717, 1.165) is 17.5 Å². The summed E-state index contributed by atoms with van der Waals surface area (Å²) in [6.07, 6.45) is 0.868. The fraction of sp³-hybridized carbons (Fsp3) is 0.250. The molecule has 0 atom stereocenters. The second-order valence-corrected chi connectivity index (χ2v) is 6.81. The van der Waals surface area contributed by atoms with Gasteiger partial charge in [-0.15, -0.1) is 0 Å². The Kier molecular flexibility index (Phi) is 6.91. The summed E-state index contributed by atoms with van der Waals surface area (Å²) in [4.78, 5) is 16.3. The number of carboxylic acid groups (broad SMARTS) is 1. The van der Waals surface area contributed by atoms with E-state index in [2.05, 4.69) is 4.98 Å². The molecule has 0 fully saturated rings. The molecular weight excluding hydrogens is 382 g/mol. The number of methoxy groups -OCH3 is 1. The third-order valence-electron chi connectivity index (χ3n) is 4.53. The Morgan fingerprint density at radius 3 is 2.40 bits per heavy atom. The van der Waals surface area contributed by atoms with Crippen molar-refractivity contribution in [3.8, 4) is 28.5 Å². The van der Waals surface area contributed by atoms with Gasteiger partial charge in [-0.2, -0.15) is 0 Å². The van der Waals surface area contributed by atoms with Gasteiger partial charge in [-0.3, -0.25) is 0 Å². The molecule has 0 spiro atoms. The number of carboxylic acids is 1. The maximum atomic E-state index is 11.7. The Morgan fingerprint density at radius 2 is 1.73 bits per heavy atom. The SMILES string of the molecule is CCCOc1ccc(OC)cc1-c1ccc(C(=O)O)c(COc2ccc(C)cc2)n1. The van der Waals surface area contributed by atoms with Crippen molar-refractivity contribution in [1.82, 2.24) is 4.98 Å². The highest BCUT2D eigenvalue weighted by molar-refractivity contribution is 5.89. The van der Waals surface area contributed by atoms with Crippen molar-refractivity contribution in [3.63, 3.8) is 0 Å². The number of aryl methyl sites for hydroxylation is 1. The van der Waals surface area contributed by atoms with Gasteiger partial charge in [-0.25, -0.2) is 9.78 Å². The average Bonchev–Trinajstić information content (AvgIpc) is 2.77. The molecule has 6 heteroatoms. The lowest BCUT2D eigenvalue weighted by molar-refractivity contribution is 0.0693. The second kappa shape index (κ2) is 9.78. The second-order valence-electron chi connectivity index (χ2n) is 6.81. The normalized spacial score (nSPS) is 10.5. The van der Waals surface area contributed by atoms with Gasteiger partial charge in [-0.05, 0) is 55.8 Å². The molecule has 30 heavy (non-hydrogen) atoms. The molecule has 0 amide bonds. The Balaban J connectivity index is 1.97. The minimum absolute atomic E-state index is 0.0354. The molecule has 0 bridgehead atoms. The summed E-state index contributed by atoms with van der Waals surface area (Å²) in [6, 6.07) is 16.3. The van der Waals surface area contributed by atoms with Crippen molar-refractivity contribution < 1.29 is 24.1 Å². The maximum absolute atomic E-state index is 11.7. The highest BCUT2D eigenvalue weighted by atomic mass is 16.5. The Bertz CT molecular complexity index is 1010. The lowest BCUT2D eigenvalue weighted by Crippen LogP contribution is -2.09. The predicted molar refractivity (Wildman–Crippen MR) is 114 cm³/mol. The van der Waals surface area contributed by atoms with Crippen molar-refractivity contribution in [1.29, 1.82) is 0 Å². The average molecular weight is 407 g/mol. The summed E-state index contributed by atoms with van der Waals surface area (Å²) in [7, 11) is 1.59. The molecule has 1 heterocycles. The molecule has 0 aliphatic rings. The summed E-state index contributed by atoms with van der Waals surface area (Å²) in [5.41, 5.74) is 2.88. The maximum Gasteiger partial charge on any atom is 0.337 e. The Morgan fingerprint density at radius 1 is 1.00 bits per heavy atom. The predicted octanol–water partition coefficient (Wildman–Crippen LogP) is 5.13. The van der Waals surface area contributed by atoms with Gasteiger partial charge < -0.3 is 19.3 Å². The van der Waals surface area contributed by atoms with Crippen molar-refractivity contribution >= 4 is 5.97 Å². The standard InChI is InChI=1S/C24H25NO5/c1-4-13-29-23-12-9-18(28-3)14-20(23)21-11-10-19(24(26)27)22(25-21)15-30-17-7-5-16(2)6-8-17/h5-12,14H,4,13,15H2,1-3H3,(H,26,27). The van der Waals surface area contributed by atoms with E-state index in [1.165, 1.54) is 0 Å². The number of hydrogen-bond acceptors (Lipinski definition) is 5. The van der Waals surface area contributed by atoms with Crippen LogP contribution in [0.5, 0.6) is 17.2 Å². The summed E-state index contributed by atoms with van der Waals surface area (Å²) < 4.78 is 17.0. The fourth-order valence-electron chi connectivity index (χ4n) is 2.92. The Labute approximate surface area is 176 Å². The number of aromatic carboxylic acids is 1. The van der Waals surface area contributed by atoms with E-state index < -0.39 is 5.97 Å². The zero-order valence-corrected chi connectivity index (χ0v) is 17.3. The molecule has 3 rings (SSSR count). The van der Waals surface area contributed by atoms with Crippen LogP contribution in [-0.2, 0) is 6.61 Å². The number of aromatic nitrogens is 1. The third-order valence-corrected chi connectivity index (χ3v) is 4.53. The van der Waals surface area contributed by atoms with Crippen LogP contribution >= 0.6 is 0 Å². The van der Waals surface area contributed by atoms with Crippen molar-refractivity contribution in [2.75, 3.05) is 13.7 Å². The van der Waals surface area contributed by atoms with Crippen LogP contribution in [0.1, 0.15) is 35.0 Å². The highest BCUT2D eigenvalue weighted by Gasteiger charge is 2.17. The van der Waals surface area contributed by atoms with Crippen LogP contribution in [0.25, 0.3) is 11.3 Å². The lowest BCUT2D eigenvalue weighted by Gasteiger charge is -2.14. The van der Waals surface area contributed by atoms with E-state index in [9.17, 15) is 9.90 Å². The minimum Gasteiger partial charge on any atom is -0.497 e. The molecule has 1 N–H and O–H groups in total. The quantitative estimate of drug-likeness (QED) is 0.530. The molecule has 0 unspecified atom stereocenters. The van der Waals surface area contributed by atoms with Crippen LogP contribution in [0.15, 0.2) is 54.6 Å². The zero-order valence-electron chi connectivity index (χ0n) is 17.3. The summed E-state index contributed by atoms with van der Waals surface area (Å²) in [6.45, 7) is 4.62. The molecule has 3 aromatic rings. The van der Waals surface area contributed by atoms with Crippen LogP contribution in [0.4, 0.5) is 0 Å². The number of ether oxygens (including phenoxy) is 3. The van der Waals surface area contributed by atoms with Gasteiger partial charge in [0.2, 0.25) is 0 Å². The van der Waals surface area contributed by atoms with Gasteiger partial charge >= 0.3 is 5.97 Å². The first-order chi connectivity index (χ1) is 14.5. The van der Waals surface area contributed by atoms with Gasteiger partial charge in [0.15, 0.2) is 0 Å². The number of rotatable bonds is 9. The van der Waals surface area contributed by atoms with E-state index in [4.69, 9.17) is 14.2 Å². The van der Waals surface area contributed by atoms with Gasteiger partial charge in [0.1, 0.15) is 23.9 Å². The van der Waals surface area contributed by atoms with Crippen LogP contribution in [-0.4, -0.2) is 29.8 Å². The largest absolute Gasteiger partial charge is 0.497 e. The molecule has 2 aromatic carbocycles. The van der Waals surface area contributed by atoms with Crippen molar-refractivity contribution in [2.45, 2.75) is 26.9 Å². The molecule has 0 aliphatic carbocycles. The van der Waals surface area contributed by atoms with Crippen molar-refractivity contribution in [3.05, 3.63) is 71.4 Å². The molecular formula is C24H25NO5.